The van der Waals surface area contributed by atoms with Gasteiger partial charge in [0.15, 0.2) is 0 Å². The standard InChI is InChI=1S/C19H31N5O2/c1-14-21-18-13-24(15(2)25)9-6-17(18)19(22-14)20-11-16-5-8-23(12-16)7-4-10-26-3/h16H,4-13H2,1-3H3,(H,20,21,22)/t16-/m0/s1. The van der Waals surface area contributed by atoms with E-state index in [0.717, 1.165) is 63.0 Å². The maximum absolute atomic E-state index is 11.7. The minimum atomic E-state index is 0.112. The number of amides is 1. The van der Waals surface area contributed by atoms with E-state index in [1.807, 2.05) is 11.8 Å². The van der Waals surface area contributed by atoms with Crippen LogP contribution >= 0.6 is 0 Å². The van der Waals surface area contributed by atoms with Crippen molar-refractivity contribution < 1.29 is 9.53 Å². The molecule has 0 saturated carbocycles. The summed E-state index contributed by atoms with van der Waals surface area (Å²) < 4.78 is 5.14. The quantitative estimate of drug-likeness (QED) is 0.742. The maximum Gasteiger partial charge on any atom is 0.219 e. The number of anilines is 1. The summed E-state index contributed by atoms with van der Waals surface area (Å²) in [5.41, 5.74) is 2.18. The Kier molecular flexibility index (Phi) is 6.43. The van der Waals surface area contributed by atoms with Gasteiger partial charge in [-0.25, -0.2) is 9.97 Å². The Morgan fingerprint density at radius 2 is 2.19 bits per heavy atom. The van der Waals surface area contributed by atoms with Gasteiger partial charge in [-0.15, -0.1) is 0 Å². The van der Waals surface area contributed by atoms with Gasteiger partial charge in [0.2, 0.25) is 5.91 Å². The zero-order valence-corrected chi connectivity index (χ0v) is 16.3. The van der Waals surface area contributed by atoms with Crippen LogP contribution in [0.5, 0.6) is 0 Å². The van der Waals surface area contributed by atoms with Crippen LogP contribution < -0.4 is 5.32 Å². The molecule has 0 radical (unpaired) electrons. The van der Waals surface area contributed by atoms with Crippen LogP contribution in [0.1, 0.15) is 36.8 Å². The van der Waals surface area contributed by atoms with Crippen molar-refractivity contribution >= 4 is 11.7 Å². The third-order valence-corrected chi connectivity index (χ3v) is 5.37. The molecule has 1 atom stereocenters. The molecule has 0 spiro atoms. The Bertz CT molecular complexity index is 637. The number of hydrogen-bond acceptors (Lipinski definition) is 6. The lowest BCUT2D eigenvalue weighted by Crippen LogP contribution is -2.35. The molecule has 1 aromatic rings. The largest absolute Gasteiger partial charge is 0.385 e. The fraction of sp³-hybridized carbons (Fsp3) is 0.737. The third kappa shape index (κ3) is 4.71. The van der Waals surface area contributed by atoms with Gasteiger partial charge in [0.25, 0.3) is 0 Å². The summed E-state index contributed by atoms with van der Waals surface area (Å²) in [5, 5.41) is 3.58. The number of rotatable bonds is 7. The Hall–Kier alpha value is -1.73. The predicted molar refractivity (Wildman–Crippen MR) is 101 cm³/mol. The number of likely N-dealkylation sites (tertiary alicyclic amines) is 1. The van der Waals surface area contributed by atoms with Gasteiger partial charge in [-0.05, 0) is 38.6 Å². The van der Waals surface area contributed by atoms with Gasteiger partial charge in [0.05, 0.1) is 12.2 Å². The lowest BCUT2D eigenvalue weighted by atomic mass is 10.0. The van der Waals surface area contributed by atoms with Gasteiger partial charge in [-0.2, -0.15) is 0 Å². The van der Waals surface area contributed by atoms with E-state index in [1.165, 1.54) is 18.5 Å². The zero-order chi connectivity index (χ0) is 18.5. The van der Waals surface area contributed by atoms with E-state index in [-0.39, 0.29) is 5.91 Å². The van der Waals surface area contributed by atoms with Crippen molar-refractivity contribution in [3.63, 3.8) is 0 Å². The second kappa shape index (κ2) is 8.77. The Morgan fingerprint density at radius 1 is 1.35 bits per heavy atom. The van der Waals surface area contributed by atoms with E-state index in [2.05, 4.69) is 20.2 Å². The van der Waals surface area contributed by atoms with Crippen LogP contribution in [-0.2, 0) is 22.5 Å². The summed E-state index contributed by atoms with van der Waals surface area (Å²) in [6.45, 7) is 10.1. The van der Waals surface area contributed by atoms with E-state index in [0.29, 0.717) is 12.5 Å². The molecule has 26 heavy (non-hydrogen) atoms. The molecule has 0 aliphatic carbocycles. The molecule has 1 saturated heterocycles. The van der Waals surface area contributed by atoms with Gasteiger partial charge >= 0.3 is 0 Å². The van der Waals surface area contributed by atoms with Crippen molar-refractivity contribution in [3.8, 4) is 0 Å². The SMILES string of the molecule is COCCCN1CC[C@@H](CNc2nc(C)nc3c2CCN(C(C)=O)C3)C1. The molecule has 7 nitrogen and oxygen atoms in total. The average molecular weight is 361 g/mol. The second-order valence-corrected chi connectivity index (χ2v) is 7.42. The molecule has 1 aromatic heterocycles. The first-order chi connectivity index (χ1) is 12.6. The Balaban J connectivity index is 1.57. The van der Waals surface area contributed by atoms with Crippen LogP contribution in [-0.4, -0.2) is 72.1 Å². The molecule has 144 valence electrons. The molecular weight excluding hydrogens is 330 g/mol. The van der Waals surface area contributed by atoms with Crippen molar-refractivity contribution in [3.05, 3.63) is 17.1 Å². The predicted octanol–water partition coefficient (Wildman–Crippen LogP) is 1.46. The lowest BCUT2D eigenvalue weighted by Gasteiger charge is -2.28. The first-order valence-corrected chi connectivity index (χ1v) is 9.64. The summed E-state index contributed by atoms with van der Waals surface area (Å²) >= 11 is 0. The number of carbonyl (C=O) groups is 1. The Labute approximate surface area is 156 Å². The van der Waals surface area contributed by atoms with Crippen LogP contribution in [0.4, 0.5) is 5.82 Å². The number of methoxy groups -OCH3 is 1. The Morgan fingerprint density at radius 3 is 2.96 bits per heavy atom. The first-order valence-electron chi connectivity index (χ1n) is 9.64. The molecule has 2 aliphatic rings. The van der Waals surface area contributed by atoms with Crippen LogP contribution in [0.25, 0.3) is 0 Å². The minimum absolute atomic E-state index is 0.112. The highest BCUT2D eigenvalue weighted by atomic mass is 16.5. The summed E-state index contributed by atoms with van der Waals surface area (Å²) in [6.07, 6.45) is 3.15. The second-order valence-electron chi connectivity index (χ2n) is 7.42. The lowest BCUT2D eigenvalue weighted by molar-refractivity contribution is -0.129. The molecule has 3 heterocycles. The van der Waals surface area contributed by atoms with Crippen LogP contribution in [0.15, 0.2) is 0 Å². The maximum atomic E-state index is 11.7. The molecule has 1 amide bonds. The fourth-order valence-electron chi connectivity index (χ4n) is 3.92. The van der Waals surface area contributed by atoms with E-state index in [4.69, 9.17) is 4.74 Å². The zero-order valence-electron chi connectivity index (χ0n) is 16.3. The number of ether oxygens (including phenoxy) is 1. The van der Waals surface area contributed by atoms with Crippen molar-refractivity contribution in [2.75, 3.05) is 51.8 Å². The molecule has 3 rings (SSSR count). The van der Waals surface area contributed by atoms with E-state index < -0.39 is 0 Å². The highest BCUT2D eigenvalue weighted by Crippen LogP contribution is 2.25. The molecule has 0 bridgehead atoms. The number of nitrogens with one attached hydrogen (secondary N) is 1. The number of carbonyl (C=O) groups excluding carboxylic acids is 1. The third-order valence-electron chi connectivity index (χ3n) is 5.37. The van der Waals surface area contributed by atoms with Crippen LogP contribution in [0.3, 0.4) is 0 Å². The number of aryl methyl sites for hydroxylation is 1. The summed E-state index contributed by atoms with van der Waals surface area (Å²) in [6, 6.07) is 0. The van der Waals surface area contributed by atoms with Crippen molar-refractivity contribution in [2.24, 2.45) is 5.92 Å². The van der Waals surface area contributed by atoms with E-state index >= 15 is 0 Å². The van der Waals surface area contributed by atoms with Crippen LogP contribution in [0, 0.1) is 12.8 Å². The minimum Gasteiger partial charge on any atom is -0.385 e. The van der Waals surface area contributed by atoms with Gasteiger partial charge in [-0.1, -0.05) is 0 Å². The molecule has 1 N–H and O–H groups in total. The number of hydrogen-bond donors (Lipinski definition) is 1. The van der Waals surface area contributed by atoms with Gasteiger partial charge in [0.1, 0.15) is 11.6 Å². The van der Waals surface area contributed by atoms with E-state index in [9.17, 15) is 4.79 Å². The highest BCUT2D eigenvalue weighted by Gasteiger charge is 2.25. The number of nitrogens with zero attached hydrogens (tertiary/aromatic N) is 4. The average Bonchev–Trinajstić information content (AvgIpc) is 3.07. The van der Waals surface area contributed by atoms with Gasteiger partial charge < -0.3 is 19.9 Å². The number of aromatic nitrogens is 2. The smallest absolute Gasteiger partial charge is 0.219 e. The normalized spacial score (nSPS) is 20.3. The molecular formula is C19H31N5O2. The highest BCUT2D eigenvalue weighted by molar-refractivity contribution is 5.73. The summed E-state index contributed by atoms with van der Waals surface area (Å²) in [4.78, 5) is 25.3. The molecule has 1 fully saturated rings. The van der Waals surface area contributed by atoms with Gasteiger partial charge in [-0.3, -0.25) is 4.79 Å². The van der Waals surface area contributed by atoms with E-state index in [1.54, 1.807) is 14.0 Å². The molecule has 0 aromatic carbocycles. The first kappa shape index (κ1) is 19.0. The molecule has 0 unspecified atom stereocenters. The van der Waals surface area contributed by atoms with Crippen LogP contribution in [0.2, 0.25) is 0 Å². The molecule has 7 heteroatoms. The monoisotopic (exact) mass is 361 g/mol. The molecule has 2 aliphatic heterocycles. The topological polar surface area (TPSA) is 70.6 Å². The van der Waals surface area contributed by atoms with Gasteiger partial charge in [0, 0.05) is 52.4 Å². The van der Waals surface area contributed by atoms with Crippen molar-refractivity contribution in [1.29, 1.82) is 0 Å². The summed E-state index contributed by atoms with van der Waals surface area (Å²) in [5.74, 6) is 2.50. The van der Waals surface area contributed by atoms with Crippen molar-refractivity contribution in [2.45, 2.75) is 39.7 Å². The summed E-state index contributed by atoms with van der Waals surface area (Å²) in [7, 11) is 1.76. The fourth-order valence-corrected chi connectivity index (χ4v) is 3.92. The van der Waals surface area contributed by atoms with Crippen molar-refractivity contribution in [1.82, 2.24) is 19.8 Å². The number of fused-ring (bicyclic) bond motifs is 1.